The lowest BCUT2D eigenvalue weighted by atomic mass is 9.95. The van der Waals surface area contributed by atoms with Gasteiger partial charge in [0.15, 0.2) is 0 Å². The average molecular weight is 426 g/mol. The summed E-state index contributed by atoms with van der Waals surface area (Å²) in [4.78, 5) is 6.71. The van der Waals surface area contributed by atoms with Gasteiger partial charge in [0.05, 0.1) is 18.2 Å². The van der Waals surface area contributed by atoms with E-state index in [1.165, 1.54) is 47.1 Å². The number of pyridine rings is 1. The molecule has 4 nitrogen and oxygen atoms in total. The van der Waals surface area contributed by atoms with Crippen LogP contribution < -0.4 is 0 Å². The molecule has 5 rings (SSSR count). The van der Waals surface area contributed by atoms with Gasteiger partial charge in [-0.25, -0.2) is 0 Å². The van der Waals surface area contributed by atoms with Gasteiger partial charge in [0.1, 0.15) is 0 Å². The molecule has 27 heavy (non-hydrogen) atoms. The first-order chi connectivity index (χ1) is 13.1. The SMILES string of the molecule is Cc1cc(Br)c2c(c1)c1c(n2CC(O)c2ccncc2)CCN2CCCC12. The van der Waals surface area contributed by atoms with Crippen LogP contribution in [0.2, 0.25) is 0 Å². The Bertz CT molecular complexity index is 998. The predicted octanol–water partition coefficient (Wildman–Crippen LogP) is 4.53. The van der Waals surface area contributed by atoms with Crippen molar-refractivity contribution in [2.75, 3.05) is 13.1 Å². The summed E-state index contributed by atoms with van der Waals surface area (Å²) in [5.41, 5.74) is 6.33. The van der Waals surface area contributed by atoms with Crippen molar-refractivity contribution in [3.63, 3.8) is 0 Å². The van der Waals surface area contributed by atoms with Gasteiger partial charge in [-0.2, -0.15) is 0 Å². The van der Waals surface area contributed by atoms with Gasteiger partial charge in [-0.3, -0.25) is 9.88 Å². The van der Waals surface area contributed by atoms with E-state index in [9.17, 15) is 5.11 Å². The van der Waals surface area contributed by atoms with E-state index in [4.69, 9.17) is 0 Å². The van der Waals surface area contributed by atoms with Crippen molar-refractivity contribution < 1.29 is 5.11 Å². The predicted molar refractivity (Wildman–Crippen MR) is 111 cm³/mol. The van der Waals surface area contributed by atoms with Gasteiger partial charge in [-0.15, -0.1) is 0 Å². The second kappa shape index (κ2) is 6.73. The molecule has 0 spiro atoms. The Hall–Kier alpha value is -1.69. The summed E-state index contributed by atoms with van der Waals surface area (Å²) < 4.78 is 3.49. The van der Waals surface area contributed by atoms with Crippen LogP contribution in [-0.4, -0.2) is 32.6 Å². The van der Waals surface area contributed by atoms with Crippen molar-refractivity contribution in [1.29, 1.82) is 0 Å². The van der Waals surface area contributed by atoms with Crippen LogP contribution in [0, 0.1) is 6.92 Å². The van der Waals surface area contributed by atoms with Crippen LogP contribution in [0.4, 0.5) is 0 Å². The molecule has 2 aromatic heterocycles. The third-order valence-electron chi connectivity index (χ3n) is 6.18. The van der Waals surface area contributed by atoms with Crippen LogP contribution in [-0.2, 0) is 13.0 Å². The van der Waals surface area contributed by atoms with Crippen LogP contribution in [0.25, 0.3) is 10.9 Å². The number of benzene rings is 1. The van der Waals surface area contributed by atoms with Gasteiger partial charge >= 0.3 is 0 Å². The Labute approximate surface area is 168 Å². The molecule has 0 saturated carbocycles. The lowest BCUT2D eigenvalue weighted by Crippen LogP contribution is -2.31. The maximum absolute atomic E-state index is 10.9. The van der Waals surface area contributed by atoms with Gasteiger partial charge < -0.3 is 9.67 Å². The number of aliphatic hydroxyl groups excluding tert-OH is 1. The molecular formula is C22H24BrN3O. The Morgan fingerprint density at radius 3 is 2.89 bits per heavy atom. The number of aliphatic hydroxyl groups is 1. The Kier molecular flexibility index (Phi) is 4.34. The maximum Gasteiger partial charge on any atom is 0.0970 e. The van der Waals surface area contributed by atoms with E-state index < -0.39 is 6.10 Å². The minimum Gasteiger partial charge on any atom is -0.387 e. The van der Waals surface area contributed by atoms with Crippen LogP contribution >= 0.6 is 15.9 Å². The molecule has 0 bridgehead atoms. The maximum atomic E-state index is 10.9. The highest BCUT2D eigenvalue weighted by atomic mass is 79.9. The zero-order valence-electron chi connectivity index (χ0n) is 15.5. The van der Waals surface area contributed by atoms with Crippen molar-refractivity contribution in [2.24, 2.45) is 0 Å². The second-order valence-corrected chi connectivity index (χ2v) is 8.71. The van der Waals surface area contributed by atoms with Crippen LogP contribution in [0.5, 0.6) is 0 Å². The van der Waals surface area contributed by atoms with Crippen LogP contribution in [0.3, 0.4) is 0 Å². The Morgan fingerprint density at radius 1 is 1.26 bits per heavy atom. The van der Waals surface area contributed by atoms with Gasteiger partial charge in [-0.1, -0.05) is 0 Å². The summed E-state index contributed by atoms with van der Waals surface area (Å²) in [7, 11) is 0. The van der Waals surface area contributed by atoms with Crippen LogP contribution in [0.1, 0.15) is 47.4 Å². The minimum absolute atomic E-state index is 0.532. The Balaban J connectivity index is 1.68. The summed E-state index contributed by atoms with van der Waals surface area (Å²) in [5.74, 6) is 0. The molecular weight excluding hydrogens is 402 g/mol. The number of aromatic nitrogens is 2. The largest absolute Gasteiger partial charge is 0.387 e. The number of rotatable bonds is 3. The number of aryl methyl sites for hydroxylation is 1. The quantitative estimate of drug-likeness (QED) is 0.669. The zero-order chi connectivity index (χ0) is 18.5. The molecule has 4 heterocycles. The number of fused-ring (bicyclic) bond motifs is 5. The third-order valence-corrected chi connectivity index (χ3v) is 6.79. The first-order valence-electron chi connectivity index (χ1n) is 9.76. The normalized spacial score (nSPS) is 20.6. The van der Waals surface area contributed by atoms with E-state index in [-0.39, 0.29) is 0 Å². The highest BCUT2D eigenvalue weighted by Gasteiger charge is 2.36. The number of halogens is 1. The van der Waals surface area contributed by atoms with E-state index >= 15 is 0 Å². The number of hydrogen-bond donors (Lipinski definition) is 1. The molecule has 5 heteroatoms. The van der Waals surface area contributed by atoms with Crippen molar-refractivity contribution in [3.8, 4) is 0 Å². The van der Waals surface area contributed by atoms with Crippen LogP contribution in [0.15, 0.2) is 41.1 Å². The third kappa shape index (κ3) is 2.84. The first-order valence-corrected chi connectivity index (χ1v) is 10.6. The van der Waals surface area contributed by atoms with Gasteiger partial charge in [0, 0.05) is 47.0 Å². The molecule has 1 saturated heterocycles. The fraction of sp³-hybridized carbons (Fsp3) is 0.409. The topological polar surface area (TPSA) is 41.3 Å². The van der Waals surface area contributed by atoms with Crippen molar-refractivity contribution in [3.05, 3.63) is 63.5 Å². The fourth-order valence-corrected chi connectivity index (χ4v) is 5.82. The molecule has 2 aliphatic rings. The Morgan fingerprint density at radius 2 is 2.07 bits per heavy atom. The van der Waals surface area contributed by atoms with E-state index in [0.717, 1.165) is 23.0 Å². The smallest absolute Gasteiger partial charge is 0.0970 e. The molecule has 0 aliphatic carbocycles. The lowest BCUT2D eigenvalue weighted by Gasteiger charge is -2.31. The van der Waals surface area contributed by atoms with Crippen molar-refractivity contribution in [1.82, 2.24) is 14.5 Å². The molecule has 3 aromatic rings. The van der Waals surface area contributed by atoms with E-state index in [0.29, 0.717) is 12.6 Å². The zero-order valence-corrected chi connectivity index (χ0v) is 17.1. The average Bonchev–Trinajstić information content (AvgIpc) is 3.25. The minimum atomic E-state index is -0.539. The van der Waals surface area contributed by atoms with Crippen molar-refractivity contribution in [2.45, 2.75) is 44.9 Å². The number of nitrogens with zero attached hydrogens (tertiary/aromatic N) is 3. The van der Waals surface area contributed by atoms with E-state index in [1.54, 1.807) is 12.4 Å². The molecule has 2 unspecified atom stereocenters. The van der Waals surface area contributed by atoms with E-state index in [2.05, 4.69) is 49.4 Å². The van der Waals surface area contributed by atoms with Gasteiger partial charge in [0.25, 0.3) is 0 Å². The summed E-state index contributed by atoms with van der Waals surface area (Å²) in [6.07, 6.45) is 6.53. The number of hydrogen-bond acceptors (Lipinski definition) is 3. The molecule has 0 amide bonds. The summed E-state index contributed by atoms with van der Waals surface area (Å²) in [6, 6.07) is 8.86. The monoisotopic (exact) mass is 425 g/mol. The van der Waals surface area contributed by atoms with Gasteiger partial charge in [0.2, 0.25) is 0 Å². The second-order valence-electron chi connectivity index (χ2n) is 7.85. The molecule has 140 valence electrons. The molecule has 1 fully saturated rings. The summed E-state index contributed by atoms with van der Waals surface area (Å²) >= 11 is 3.82. The molecule has 1 N–H and O–H groups in total. The van der Waals surface area contributed by atoms with Crippen molar-refractivity contribution >= 4 is 26.8 Å². The highest BCUT2D eigenvalue weighted by molar-refractivity contribution is 9.10. The molecule has 0 radical (unpaired) electrons. The summed E-state index contributed by atoms with van der Waals surface area (Å²) in [5, 5.41) is 12.3. The molecule has 2 aliphatic heterocycles. The molecule has 1 aromatic carbocycles. The van der Waals surface area contributed by atoms with E-state index in [1.807, 2.05) is 12.1 Å². The lowest BCUT2D eigenvalue weighted by molar-refractivity contribution is 0.155. The highest BCUT2D eigenvalue weighted by Crippen LogP contribution is 2.45. The first kappa shape index (κ1) is 17.4. The summed E-state index contributed by atoms with van der Waals surface area (Å²) in [6.45, 7) is 5.07. The molecule has 2 atom stereocenters. The van der Waals surface area contributed by atoms with Gasteiger partial charge in [-0.05, 0) is 83.2 Å². The fourth-order valence-electron chi connectivity index (χ4n) is 5.03. The standard InChI is InChI=1S/C22H24BrN3O/c1-14-11-16-21-18-3-2-9-25(18)10-6-19(21)26(22(16)17(23)12-14)13-20(27)15-4-7-24-8-5-15/h4-5,7-8,11-12,18,20,27H,2-3,6,9-10,13H2,1H3.